The standard InChI is InChI=1S/C19H18ClF3N2O4/c1-18(12-5-4-11(27-2)7-15(12)28-3)8-14(17(26)29-18)25-16-13(20)6-10(9-24-16)19(21,22)23/h4-7,9,14H,8H2,1-3H3,(H,24,25). The van der Waals surface area contributed by atoms with Gasteiger partial charge >= 0.3 is 12.1 Å². The number of nitrogens with one attached hydrogen (secondary N) is 1. The van der Waals surface area contributed by atoms with Crippen LogP contribution in [-0.2, 0) is 21.3 Å². The second kappa shape index (κ2) is 7.62. The smallest absolute Gasteiger partial charge is 0.417 e. The van der Waals surface area contributed by atoms with Gasteiger partial charge in [0.2, 0.25) is 0 Å². The highest BCUT2D eigenvalue weighted by Crippen LogP contribution is 2.43. The molecule has 0 radical (unpaired) electrons. The van der Waals surface area contributed by atoms with E-state index in [-0.39, 0.29) is 17.3 Å². The van der Waals surface area contributed by atoms with Crippen LogP contribution in [0.1, 0.15) is 24.5 Å². The Labute approximate surface area is 169 Å². The van der Waals surface area contributed by atoms with Gasteiger partial charge in [0.05, 0.1) is 24.8 Å². The molecule has 0 saturated carbocycles. The first-order valence-electron chi connectivity index (χ1n) is 8.52. The lowest BCUT2D eigenvalue weighted by atomic mass is 9.90. The highest BCUT2D eigenvalue weighted by atomic mass is 35.5. The maximum absolute atomic E-state index is 12.8. The summed E-state index contributed by atoms with van der Waals surface area (Å²) in [6, 6.07) is 5.02. The molecule has 2 atom stereocenters. The number of ether oxygens (including phenoxy) is 3. The van der Waals surface area contributed by atoms with E-state index in [0.717, 1.165) is 6.07 Å². The van der Waals surface area contributed by atoms with Crippen LogP contribution in [0, 0.1) is 0 Å². The van der Waals surface area contributed by atoms with Gasteiger partial charge in [-0.15, -0.1) is 0 Å². The fourth-order valence-electron chi connectivity index (χ4n) is 3.18. The number of methoxy groups -OCH3 is 2. The molecule has 3 rings (SSSR count). The molecule has 2 unspecified atom stereocenters. The van der Waals surface area contributed by atoms with Crippen molar-refractivity contribution >= 4 is 23.4 Å². The summed E-state index contributed by atoms with van der Waals surface area (Å²) in [5.74, 6) is 0.440. The van der Waals surface area contributed by atoms with Crippen LogP contribution in [0.15, 0.2) is 30.5 Å². The lowest BCUT2D eigenvalue weighted by Crippen LogP contribution is -2.26. The third-order valence-electron chi connectivity index (χ3n) is 4.66. The van der Waals surface area contributed by atoms with Gasteiger partial charge in [-0.25, -0.2) is 9.78 Å². The summed E-state index contributed by atoms with van der Waals surface area (Å²) >= 11 is 5.92. The first-order valence-corrected chi connectivity index (χ1v) is 8.90. The molecule has 29 heavy (non-hydrogen) atoms. The third-order valence-corrected chi connectivity index (χ3v) is 4.95. The van der Waals surface area contributed by atoms with E-state index in [1.54, 1.807) is 25.1 Å². The average Bonchev–Trinajstić information content (AvgIpc) is 2.96. The summed E-state index contributed by atoms with van der Waals surface area (Å²) in [5.41, 5.74) is -1.37. The van der Waals surface area contributed by atoms with Gasteiger partial charge in [-0.2, -0.15) is 13.2 Å². The molecule has 0 aliphatic carbocycles. The van der Waals surface area contributed by atoms with E-state index in [0.29, 0.717) is 23.3 Å². The molecule has 2 heterocycles. The van der Waals surface area contributed by atoms with Crippen LogP contribution in [0.25, 0.3) is 0 Å². The lowest BCUT2D eigenvalue weighted by Gasteiger charge is -2.25. The molecule has 1 aliphatic heterocycles. The number of alkyl halides is 3. The second-order valence-electron chi connectivity index (χ2n) is 6.67. The summed E-state index contributed by atoms with van der Waals surface area (Å²) in [4.78, 5) is 16.1. The minimum atomic E-state index is -4.56. The molecule has 1 aromatic heterocycles. The quantitative estimate of drug-likeness (QED) is 0.708. The van der Waals surface area contributed by atoms with Crippen LogP contribution in [0.5, 0.6) is 11.5 Å². The van der Waals surface area contributed by atoms with Crippen LogP contribution < -0.4 is 14.8 Å². The normalized spacial score (nSPS) is 21.6. The van der Waals surface area contributed by atoms with Crippen LogP contribution in [0.4, 0.5) is 19.0 Å². The maximum Gasteiger partial charge on any atom is 0.417 e. The Hall–Kier alpha value is -2.68. The highest BCUT2D eigenvalue weighted by Gasteiger charge is 2.46. The average molecular weight is 431 g/mol. The largest absolute Gasteiger partial charge is 0.497 e. The summed E-state index contributed by atoms with van der Waals surface area (Å²) in [6.45, 7) is 1.72. The molecule has 0 amide bonds. The van der Waals surface area contributed by atoms with E-state index in [4.69, 9.17) is 25.8 Å². The number of rotatable bonds is 5. The topological polar surface area (TPSA) is 69.7 Å². The molecule has 1 aromatic carbocycles. The number of cyclic esters (lactones) is 1. The number of carbonyl (C=O) groups excluding carboxylic acids is 1. The third kappa shape index (κ3) is 4.19. The number of hydrogen-bond donors (Lipinski definition) is 1. The van der Waals surface area contributed by atoms with Crippen molar-refractivity contribution in [1.82, 2.24) is 4.98 Å². The molecule has 0 spiro atoms. The molecule has 1 N–H and O–H groups in total. The van der Waals surface area contributed by atoms with Gasteiger partial charge in [-0.05, 0) is 25.1 Å². The van der Waals surface area contributed by atoms with Crippen molar-refractivity contribution in [3.63, 3.8) is 0 Å². The van der Waals surface area contributed by atoms with E-state index in [1.165, 1.54) is 14.2 Å². The highest BCUT2D eigenvalue weighted by molar-refractivity contribution is 6.33. The zero-order valence-corrected chi connectivity index (χ0v) is 16.5. The Morgan fingerprint density at radius 1 is 1.28 bits per heavy atom. The molecule has 1 saturated heterocycles. The van der Waals surface area contributed by atoms with Crippen molar-refractivity contribution in [1.29, 1.82) is 0 Å². The van der Waals surface area contributed by atoms with Crippen LogP contribution in [-0.4, -0.2) is 31.2 Å². The van der Waals surface area contributed by atoms with E-state index in [9.17, 15) is 18.0 Å². The minimum absolute atomic E-state index is 0.0347. The maximum atomic E-state index is 12.8. The van der Waals surface area contributed by atoms with Crippen molar-refractivity contribution in [2.24, 2.45) is 0 Å². The van der Waals surface area contributed by atoms with Gasteiger partial charge in [0, 0.05) is 24.2 Å². The van der Waals surface area contributed by atoms with Gasteiger partial charge in [-0.3, -0.25) is 0 Å². The van der Waals surface area contributed by atoms with Crippen molar-refractivity contribution < 1.29 is 32.2 Å². The zero-order chi connectivity index (χ0) is 21.4. The number of halogens is 4. The summed E-state index contributed by atoms with van der Waals surface area (Å²) in [6.07, 6.45) is -3.72. The van der Waals surface area contributed by atoms with E-state index >= 15 is 0 Å². The molecular weight excluding hydrogens is 413 g/mol. The van der Waals surface area contributed by atoms with Gasteiger partial charge in [0.25, 0.3) is 0 Å². The van der Waals surface area contributed by atoms with Gasteiger partial charge in [0.1, 0.15) is 29.0 Å². The molecule has 2 aromatic rings. The van der Waals surface area contributed by atoms with E-state index < -0.39 is 29.4 Å². The van der Waals surface area contributed by atoms with Crippen molar-refractivity contribution in [3.8, 4) is 11.5 Å². The molecule has 156 valence electrons. The Morgan fingerprint density at radius 3 is 2.59 bits per heavy atom. The van der Waals surface area contributed by atoms with Gasteiger partial charge in [-0.1, -0.05) is 11.6 Å². The van der Waals surface area contributed by atoms with Crippen LogP contribution in [0.2, 0.25) is 5.02 Å². The monoisotopic (exact) mass is 430 g/mol. The fourth-order valence-corrected chi connectivity index (χ4v) is 3.40. The predicted molar refractivity (Wildman–Crippen MR) is 99.3 cm³/mol. The summed E-state index contributed by atoms with van der Waals surface area (Å²) in [5, 5.41) is 2.53. The molecule has 10 heteroatoms. The number of hydrogen-bond acceptors (Lipinski definition) is 6. The van der Waals surface area contributed by atoms with E-state index in [1.807, 2.05) is 0 Å². The number of benzene rings is 1. The molecule has 1 fully saturated rings. The van der Waals surface area contributed by atoms with Gasteiger partial charge < -0.3 is 19.5 Å². The first kappa shape index (κ1) is 21.0. The lowest BCUT2D eigenvalue weighted by molar-refractivity contribution is -0.148. The Balaban J connectivity index is 1.84. The molecule has 6 nitrogen and oxygen atoms in total. The van der Waals surface area contributed by atoms with Gasteiger partial charge in [0.15, 0.2) is 0 Å². The van der Waals surface area contributed by atoms with Crippen molar-refractivity contribution in [2.45, 2.75) is 31.2 Å². The van der Waals surface area contributed by atoms with Crippen molar-refractivity contribution in [3.05, 3.63) is 46.6 Å². The number of nitrogens with zero attached hydrogens (tertiary/aromatic N) is 1. The Kier molecular flexibility index (Phi) is 5.53. The predicted octanol–water partition coefficient (Wildman–Crippen LogP) is 4.41. The summed E-state index contributed by atoms with van der Waals surface area (Å²) < 4.78 is 54.4. The number of anilines is 1. The Bertz CT molecular complexity index is 938. The number of pyridine rings is 1. The summed E-state index contributed by atoms with van der Waals surface area (Å²) in [7, 11) is 3.01. The Morgan fingerprint density at radius 2 is 2.00 bits per heavy atom. The number of esters is 1. The zero-order valence-electron chi connectivity index (χ0n) is 15.8. The SMILES string of the molecule is COc1ccc(C2(C)CC(Nc3ncc(C(F)(F)F)cc3Cl)C(=O)O2)c(OC)c1. The molecular formula is C19H18ClF3N2O4. The minimum Gasteiger partial charge on any atom is -0.497 e. The van der Waals surface area contributed by atoms with Crippen LogP contribution in [0.3, 0.4) is 0 Å². The second-order valence-corrected chi connectivity index (χ2v) is 7.08. The van der Waals surface area contributed by atoms with E-state index in [2.05, 4.69) is 10.3 Å². The van der Waals surface area contributed by atoms with Crippen molar-refractivity contribution in [2.75, 3.05) is 19.5 Å². The molecule has 1 aliphatic rings. The van der Waals surface area contributed by atoms with Crippen LogP contribution >= 0.6 is 11.6 Å². The number of aromatic nitrogens is 1. The molecule has 0 bridgehead atoms. The first-order chi connectivity index (χ1) is 13.6. The number of carbonyl (C=O) groups is 1. The fraction of sp³-hybridized carbons (Fsp3) is 0.368.